The van der Waals surface area contributed by atoms with E-state index in [1.165, 1.54) is 0 Å². The molecule has 3 rings (SSSR count). The number of fused-ring (bicyclic) bond motifs is 1. The number of carbonyl (C=O) groups excluding carboxylic acids is 1. The lowest BCUT2D eigenvalue weighted by molar-refractivity contribution is 0.136. The van der Waals surface area contributed by atoms with Crippen LogP contribution in [-0.4, -0.2) is 47.8 Å². The monoisotopic (exact) mass is 395 g/mol. The summed E-state index contributed by atoms with van der Waals surface area (Å²) >= 11 is 0. The Labute approximate surface area is 172 Å². The molecule has 0 saturated carbocycles. The molecule has 7 heteroatoms. The van der Waals surface area contributed by atoms with Crippen LogP contribution in [0.25, 0.3) is 11.4 Å². The van der Waals surface area contributed by atoms with Crippen LogP contribution in [0.2, 0.25) is 0 Å². The van der Waals surface area contributed by atoms with Crippen LogP contribution < -0.4 is 10.6 Å². The van der Waals surface area contributed by atoms with Crippen molar-refractivity contribution >= 4 is 23.2 Å². The molecular formula is C22H29N5O2. The Morgan fingerprint density at radius 2 is 2.00 bits per heavy atom. The molecule has 1 aromatic heterocycles. The highest BCUT2D eigenvalue weighted by molar-refractivity contribution is 6.02. The second-order valence-corrected chi connectivity index (χ2v) is 7.22. The molecule has 29 heavy (non-hydrogen) atoms. The van der Waals surface area contributed by atoms with E-state index in [0.717, 1.165) is 35.7 Å². The van der Waals surface area contributed by atoms with Gasteiger partial charge in [0.1, 0.15) is 11.5 Å². The fourth-order valence-electron chi connectivity index (χ4n) is 3.42. The number of benzene rings is 1. The molecule has 1 aliphatic heterocycles. The quantitative estimate of drug-likeness (QED) is 0.696. The third-order valence-corrected chi connectivity index (χ3v) is 5.05. The van der Waals surface area contributed by atoms with Gasteiger partial charge in [-0.05, 0) is 23.6 Å². The second-order valence-electron chi connectivity index (χ2n) is 7.22. The highest BCUT2D eigenvalue weighted by Crippen LogP contribution is 2.34. The summed E-state index contributed by atoms with van der Waals surface area (Å²) in [5.41, 5.74) is 9.84. The van der Waals surface area contributed by atoms with Gasteiger partial charge in [0.15, 0.2) is 5.82 Å². The molecule has 2 N–H and O–H groups in total. The highest BCUT2D eigenvalue weighted by atomic mass is 16.5. The Bertz CT molecular complexity index is 947. The second kappa shape index (κ2) is 8.53. The molecular weight excluding hydrogens is 366 g/mol. The third-order valence-electron chi connectivity index (χ3n) is 5.05. The number of aromatic nitrogens is 2. The van der Waals surface area contributed by atoms with Crippen molar-refractivity contribution in [3.63, 3.8) is 0 Å². The van der Waals surface area contributed by atoms with Crippen LogP contribution in [0.1, 0.15) is 36.0 Å². The number of hydrogen-bond acceptors (Lipinski definition) is 4. The summed E-state index contributed by atoms with van der Waals surface area (Å²) in [6, 6.07) is 7.82. The molecule has 0 radical (unpaired) electrons. The molecule has 2 aromatic rings. The molecule has 0 fully saturated rings. The predicted molar refractivity (Wildman–Crippen MR) is 116 cm³/mol. The molecule has 0 spiro atoms. The molecule has 154 valence electrons. The molecule has 0 unspecified atom stereocenters. The maximum Gasteiger partial charge on any atom is 0.329 e. The smallest absolute Gasteiger partial charge is 0.329 e. The first-order valence-electron chi connectivity index (χ1n) is 9.76. The largest absolute Gasteiger partial charge is 0.399 e. The number of nitrogens with two attached hydrogens (primary N) is 1. The van der Waals surface area contributed by atoms with Gasteiger partial charge in [-0.1, -0.05) is 38.3 Å². The van der Waals surface area contributed by atoms with Gasteiger partial charge in [0.05, 0.1) is 12.3 Å². The normalized spacial score (nSPS) is 13.8. The number of carbonyl (C=O) groups is 1. The summed E-state index contributed by atoms with van der Waals surface area (Å²) < 4.78 is 7.79. The van der Waals surface area contributed by atoms with Crippen LogP contribution in [0.4, 0.5) is 10.6 Å². The van der Waals surface area contributed by atoms with Crippen LogP contribution >= 0.6 is 0 Å². The van der Waals surface area contributed by atoms with E-state index >= 15 is 0 Å². The number of rotatable bonds is 8. The summed E-state index contributed by atoms with van der Waals surface area (Å²) in [6.07, 6.45) is 1.62. The van der Waals surface area contributed by atoms with Gasteiger partial charge < -0.3 is 15.0 Å². The van der Waals surface area contributed by atoms with Crippen molar-refractivity contribution in [2.24, 2.45) is 5.73 Å². The van der Waals surface area contributed by atoms with Crippen LogP contribution in [0.5, 0.6) is 0 Å². The standard InChI is InChI=1S/C22H29N5O2/c1-6-11-29-12-10-19-24-21-20(16(3)25(4)22(28)26(21)5)27(19)14-17-8-7-9-18(13-17)15(2)23/h7-9,13H,2-3,6,10-12,14,23H2,1,4-5H3. The Morgan fingerprint density at radius 3 is 2.69 bits per heavy atom. The molecule has 0 bridgehead atoms. The van der Waals surface area contributed by atoms with Crippen molar-refractivity contribution in [3.8, 4) is 0 Å². The van der Waals surface area contributed by atoms with E-state index in [0.29, 0.717) is 36.8 Å². The maximum atomic E-state index is 12.5. The van der Waals surface area contributed by atoms with Crippen molar-refractivity contribution in [3.05, 3.63) is 60.1 Å². The molecule has 7 nitrogen and oxygen atoms in total. The summed E-state index contributed by atoms with van der Waals surface area (Å²) in [5.74, 6) is 1.49. The van der Waals surface area contributed by atoms with Crippen LogP contribution in [-0.2, 0) is 17.7 Å². The average Bonchev–Trinajstić information content (AvgIpc) is 3.06. The zero-order valence-corrected chi connectivity index (χ0v) is 17.4. The minimum atomic E-state index is -0.151. The van der Waals surface area contributed by atoms with E-state index < -0.39 is 0 Å². The molecule has 0 aliphatic carbocycles. The number of imidazole rings is 1. The first kappa shape index (κ1) is 20.7. The van der Waals surface area contributed by atoms with Gasteiger partial charge >= 0.3 is 6.03 Å². The van der Waals surface area contributed by atoms with Crippen molar-refractivity contribution in [1.29, 1.82) is 0 Å². The first-order valence-corrected chi connectivity index (χ1v) is 9.76. The Kier molecular flexibility index (Phi) is 6.08. The molecule has 2 heterocycles. The van der Waals surface area contributed by atoms with Gasteiger partial charge in [0.2, 0.25) is 0 Å². The van der Waals surface area contributed by atoms with Crippen molar-refractivity contribution < 1.29 is 9.53 Å². The summed E-state index contributed by atoms with van der Waals surface area (Å²) in [4.78, 5) is 20.4. The summed E-state index contributed by atoms with van der Waals surface area (Å²) in [7, 11) is 3.46. The van der Waals surface area contributed by atoms with E-state index in [-0.39, 0.29) is 6.03 Å². The number of anilines is 1. The average molecular weight is 396 g/mol. The van der Waals surface area contributed by atoms with E-state index in [9.17, 15) is 4.79 Å². The van der Waals surface area contributed by atoms with Crippen LogP contribution in [0, 0.1) is 0 Å². The summed E-state index contributed by atoms with van der Waals surface area (Å²) in [5, 5.41) is 0. The third kappa shape index (κ3) is 4.05. The van der Waals surface area contributed by atoms with Gasteiger partial charge in [-0.15, -0.1) is 0 Å². The van der Waals surface area contributed by atoms with Gasteiger partial charge in [0, 0.05) is 39.4 Å². The van der Waals surface area contributed by atoms with Crippen molar-refractivity contribution in [2.75, 3.05) is 32.2 Å². The van der Waals surface area contributed by atoms with Gasteiger partial charge in [-0.25, -0.2) is 9.78 Å². The Morgan fingerprint density at radius 1 is 1.24 bits per heavy atom. The van der Waals surface area contributed by atoms with E-state index in [4.69, 9.17) is 15.5 Å². The maximum absolute atomic E-state index is 12.5. The Hall–Kier alpha value is -3.06. The lowest BCUT2D eigenvalue weighted by atomic mass is 10.1. The van der Waals surface area contributed by atoms with Crippen LogP contribution in [0.3, 0.4) is 0 Å². The van der Waals surface area contributed by atoms with Crippen molar-refractivity contribution in [1.82, 2.24) is 14.5 Å². The number of urea groups is 1. The van der Waals surface area contributed by atoms with Crippen LogP contribution in [0.15, 0.2) is 37.4 Å². The molecule has 1 aliphatic rings. The van der Waals surface area contributed by atoms with Crippen molar-refractivity contribution in [2.45, 2.75) is 26.3 Å². The molecule has 0 saturated heterocycles. The zero-order valence-electron chi connectivity index (χ0n) is 17.4. The van der Waals surface area contributed by atoms with E-state index in [1.807, 2.05) is 24.3 Å². The number of amides is 2. The fourth-order valence-corrected chi connectivity index (χ4v) is 3.42. The Balaban J connectivity index is 2.02. The van der Waals surface area contributed by atoms with E-state index in [1.54, 1.807) is 23.9 Å². The minimum Gasteiger partial charge on any atom is -0.399 e. The highest BCUT2D eigenvalue weighted by Gasteiger charge is 2.34. The number of hydrogen-bond donors (Lipinski definition) is 1. The predicted octanol–water partition coefficient (Wildman–Crippen LogP) is 3.30. The number of nitrogens with zero attached hydrogens (tertiary/aromatic N) is 4. The molecule has 2 amide bonds. The number of ether oxygens (including phenoxy) is 1. The lowest BCUT2D eigenvalue weighted by Crippen LogP contribution is -2.42. The van der Waals surface area contributed by atoms with Gasteiger partial charge in [-0.3, -0.25) is 9.80 Å². The zero-order chi connectivity index (χ0) is 21.1. The molecule has 1 aromatic carbocycles. The van der Waals surface area contributed by atoms with Gasteiger partial charge in [0.25, 0.3) is 0 Å². The topological polar surface area (TPSA) is 76.6 Å². The minimum absolute atomic E-state index is 0.151. The molecule has 0 atom stereocenters. The van der Waals surface area contributed by atoms with E-state index in [2.05, 4.69) is 24.6 Å². The fraction of sp³-hybridized carbons (Fsp3) is 0.364. The summed E-state index contributed by atoms with van der Waals surface area (Å²) in [6.45, 7) is 11.9. The first-order chi connectivity index (χ1) is 13.8. The SMILES string of the molecule is C=C(N)c1cccc(Cn2c(CCOCCC)nc3c2C(=C)N(C)C(=O)N3C)c1. The lowest BCUT2D eigenvalue weighted by Gasteiger charge is -2.32. The van der Waals surface area contributed by atoms with Gasteiger partial charge in [-0.2, -0.15) is 0 Å².